The van der Waals surface area contributed by atoms with E-state index in [4.69, 9.17) is 46.4 Å². The molecule has 0 fully saturated rings. The van der Waals surface area contributed by atoms with Crippen molar-refractivity contribution in [2.45, 2.75) is 9.79 Å². The van der Waals surface area contributed by atoms with E-state index in [0.717, 1.165) is 0 Å². The lowest BCUT2D eigenvalue weighted by Gasteiger charge is -2.09. The molecule has 2 rings (SSSR count). The van der Waals surface area contributed by atoms with E-state index in [1.807, 2.05) is 0 Å². The Bertz CT molecular complexity index is 684. The second-order valence-corrected chi connectivity index (χ2v) is 7.06. The predicted octanol–water partition coefficient (Wildman–Crippen LogP) is 5.13. The van der Waals surface area contributed by atoms with E-state index in [2.05, 4.69) is 0 Å². The Morgan fingerprint density at radius 2 is 1.05 bits per heavy atom. The standard InChI is InChI=1S/C12H6Cl4O2S/c13-7-3-1-5-9(11(7)15)19(17,18)10-6-2-4-8(14)12(10)16/h1-6H. The molecule has 0 spiro atoms. The van der Waals surface area contributed by atoms with Crippen molar-refractivity contribution in [2.75, 3.05) is 0 Å². The summed E-state index contributed by atoms with van der Waals surface area (Å²) < 4.78 is 25.0. The number of hydrogen-bond donors (Lipinski definition) is 0. The molecule has 100 valence electrons. The highest BCUT2D eigenvalue weighted by atomic mass is 35.5. The van der Waals surface area contributed by atoms with Gasteiger partial charge < -0.3 is 0 Å². The van der Waals surface area contributed by atoms with Crippen molar-refractivity contribution >= 4 is 56.2 Å². The molecule has 0 aliphatic heterocycles. The summed E-state index contributed by atoms with van der Waals surface area (Å²) in [5.41, 5.74) is 0. The highest BCUT2D eigenvalue weighted by Crippen LogP contribution is 2.37. The van der Waals surface area contributed by atoms with Crippen LogP contribution in [0.25, 0.3) is 0 Å². The van der Waals surface area contributed by atoms with Gasteiger partial charge in [0.25, 0.3) is 0 Å². The van der Waals surface area contributed by atoms with E-state index in [1.165, 1.54) is 36.4 Å². The first kappa shape index (κ1) is 14.9. The molecular formula is C12H6Cl4O2S. The van der Waals surface area contributed by atoms with E-state index >= 15 is 0 Å². The third-order valence-corrected chi connectivity index (χ3v) is 6.11. The largest absolute Gasteiger partial charge is 0.218 e. The lowest BCUT2D eigenvalue weighted by atomic mass is 10.3. The van der Waals surface area contributed by atoms with Crippen molar-refractivity contribution in [1.29, 1.82) is 0 Å². The summed E-state index contributed by atoms with van der Waals surface area (Å²) in [6.07, 6.45) is 0. The number of hydrogen-bond acceptors (Lipinski definition) is 2. The van der Waals surface area contributed by atoms with Crippen LogP contribution in [0.1, 0.15) is 0 Å². The fourth-order valence-electron chi connectivity index (χ4n) is 1.50. The molecule has 0 bridgehead atoms. The first-order chi connectivity index (χ1) is 8.85. The van der Waals surface area contributed by atoms with Crippen molar-refractivity contribution in [1.82, 2.24) is 0 Å². The van der Waals surface area contributed by atoms with Gasteiger partial charge in [-0.25, -0.2) is 8.42 Å². The van der Waals surface area contributed by atoms with Gasteiger partial charge in [0.15, 0.2) is 0 Å². The Morgan fingerprint density at radius 3 is 1.42 bits per heavy atom. The second-order valence-electron chi connectivity index (χ2n) is 3.61. The molecule has 0 aromatic heterocycles. The highest BCUT2D eigenvalue weighted by Gasteiger charge is 2.25. The number of rotatable bonds is 2. The van der Waals surface area contributed by atoms with Crippen molar-refractivity contribution in [2.24, 2.45) is 0 Å². The van der Waals surface area contributed by atoms with E-state index in [1.54, 1.807) is 0 Å². The number of halogens is 4. The van der Waals surface area contributed by atoms with Gasteiger partial charge in [0.2, 0.25) is 9.84 Å². The minimum absolute atomic E-state index is 0.0415. The van der Waals surface area contributed by atoms with Gasteiger partial charge in [0, 0.05) is 0 Å². The summed E-state index contributed by atoms with van der Waals surface area (Å²) in [4.78, 5) is -0.211. The first-order valence-electron chi connectivity index (χ1n) is 4.99. The molecule has 2 aromatic carbocycles. The Morgan fingerprint density at radius 1 is 0.684 bits per heavy atom. The summed E-state index contributed by atoms with van der Waals surface area (Å²) in [6, 6.07) is 8.73. The van der Waals surface area contributed by atoms with Crippen molar-refractivity contribution in [3.8, 4) is 0 Å². The van der Waals surface area contributed by atoms with E-state index in [9.17, 15) is 8.42 Å². The lowest BCUT2D eigenvalue weighted by Crippen LogP contribution is -2.04. The molecule has 19 heavy (non-hydrogen) atoms. The SMILES string of the molecule is O=S(=O)(c1cccc(Cl)c1Cl)c1cccc(Cl)c1Cl. The molecule has 0 amide bonds. The molecular weight excluding hydrogens is 350 g/mol. The van der Waals surface area contributed by atoms with Gasteiger partial charge in [0.05, 0.1) is 29.9 Å². The maximum Gasteiger partial charge on any atom is 0.209 e. The fourth-order valence-corrected chi connectivity index (χ4v) is 4.27. The van der Waals surface area contributed by atoms with Crippen LogP contribution in [0, 0.1) is 0 Å². The van der Waals surface area contributed by atoms with Crippen LogP contribution >= 0.6 is 46.4 Å². The highest BCUT2D eigenvalue weighted by molar-refractivity contribution is 7.91. The summed E-state index contributed by atoms with van der Waals surface area (Å²) in [6.45, 7) is 0. The number of benzene rings is 2. The van der Waals surface area contributed by atoms with Crippen LogP contribution in [0.2, 0.25) is 20.1 Å². The zero-order chi connectivity index (χ0) is 14.2. The number of sulfone groups is 1. The van der Waals surface area contributed by atoms with Crippen LogP contribution in [-0.2, 0) is 9.84 Å². The molecule has 0 N–H and O–H groups in total. The van der Waals surface area contributed by atoms with E-state index in [0.29, 0.717) is 0 Å². The van der Waals surface area contributed by atoms with Gasteiger partial charge in [-0.1, -0.05) is 58.5 Å². The zero-order valence-corrected chi connectivity index (χ0v) is 13.0. The quantitative estimate of drug-likeness (QED) is 0.747. The topological polar surface area (TPSA) is 34.1 Å². The normalized spacial score (nSPS) is 11.6. The lowest BCUT2D eigenvalue weighted by molar-refractivity contribution is 0.596. The third kappa shape index (κ3) is 2.71. The van der Waals surface area contributed by atoms with Gasteiger partial charge in [-0.3, -0.25) is 0 Å². The van der Waals surface area contributed by atoms with Crippen molar-refractivity contribution < 1.29 is 8.42 Å². The third-order valence-electron chi connectivity index (χ3n) is 2.41. The molecule has 0 radical (unpaired) electrons. The molecule has 0 atom stereocenters. The molecule has 0 heterocycles. The first-order valence-corrected chi connectivity index (χ1v) is 7.98. The van der Waals surface area contributed by atoms with Crippen molar-refractivity contribution in [3.63, 3.8) is 0 Å². The predicted molar refractivity (Wildman–Crippen MR) is 78.4 cm³/mol. The van der Waals surface area contributed by atoms with Gasteiger partial charge in [-0.05, 0) is 24.3 Å². The maximum absolute atomic E-state index is 12.5. The minimum Gasteiger partial charge on any atom is -0.218 e. The molecule has 2 aromatic rings. The van der Waals surface area contributed by atoms with E-state index in [-0.39, 0.29) is 29.9 Å². The summed E-state index contributed by atoms with van der Waals surface area (Å²) in [5.74, 6) is 0. The van der Waals surface area contributed by atoms with Crippen LogP contribution < -0.4 is 0 Å². The zero-order valence-electron chi connectivity index (χ0n) is 9.20. The van der Waals surface area contributed by atoms with Gasteiger partial charge >= 0.3 is 0 Å². The van der Waals surface area contributed by atoms with Crippen molar-refractivity contribution in [3.05, 3.63) is 56.5 Å². The molecule has 0 saturated carbocycles. The Hall–Kier alpha value is -0.450. The van der Waals surface area contributed by atoms with Gasteiger partial charge in [-0.15, -0.1) is 0 Å². The monoisotopic (exact) mass is 354 g/mol. The van der Waals surface area contributed by atoms with Crippen LogP contribution in [0.5, 0.6) is 0 Å². The fraction of sp³-hybridized carbons (Fsp3) is 0. The Kier molecular flexibility index (Phi) is 4.33. The molecule has 0 saturated heterocycles. The molecule has 7 heteroatoms. The van der Waals surface area contributed by atoms with Gasteiger partial charge in [0.1, 0.15) is 0 Å². The maximum atomic E-state index is 12.5. The summed E-state index contributed by atoms with van der Waals surface area (Å²) >= 11 is 23.5. The molecule has 0 aliphatic carbocycles. The summed E-state index contributed by atoms with van der Waals surface area (Å²) in [7, 11) is -3.88. The smallest absolute Gasteiger partial charge is 0.209 e. The van der Waals surface area contributed by atoms with Crippen LogP contribution in [-0.4, -0.2) is 8.42 Å². The second kappa shape index (κ2) is 5.51. The Labute approximate surface area is 130 Å². The molecule has 2 nitrogen and oxygen atoms in total. The molecule has 0 aliphatic rings. The van der Waals surface area contributed by atoms with E-state index < -0.39 is 9.84 Å². The Balaban J connectivity index is 2.73. The average molecular weight is 356 g/mol. The summed E-state index contributed by atoms with van der Waals surface area (Å²) in [5, 5.41) is 0.224. The van der Waals surface area contributed by atoms with Gasteiger partial charge in [-0.2, -0.15) is 0 Å². The minimum atomic E-state index is -3.88. The van der Waals surface area contributed by atoms with Crippen LogP contribution in [0.3, 0.4) is 0 Å². The molecule has 0 unspecified atom stereocenters. The average Bonchev–Trinajstić information content (AvgIpc) is 2.35. The van der Waals surface area contributed by atoms with Crippen LogP contribution in [0.4, 0.5) is 0 Å². The van der Waals surface area contributed by atoms with Crippen LogP contribution in [0.15, 0.2) is 46.2 Å².